The highest BCUT2D eigenvalue weighted by atomic mass is 15.2. The van der Waals surface area contributed by atoms with E-state index in [2.05, 4.69) is 24.8 Å². The molecule has 2 nitrogen and oxygen atoms in total. The van der Waals surface area contributed by atoms with Crippen LogP contribution < -0.4 is 0 Å². The molecule has 0 saturated heterocycles. The Morgan fingerprint density at radius 1 is 1.06 bits per heavy atom. The van der Waals surface area contributed by atoms with Crippen molar-refractivity contribution in [1.29, 1.82) is 5.26 Å². The van der Waals surface area contributed by atoms with Gasteiger partial charge in [-0.2, -0.15) is 5.26 Å². The molecule has 0 aromatic carbocycles. The fourth-order valence-corrected chi connectivity index (χ4v) is 3.42. The third-order valence-electron chi connectivity index (χ3n) is 4.12. The average molecular weight is 220 g/mol. The van der Waals surface area contributed by atoms with E-state index >= 15 is 0 Å². The summed E-state index contributed by atoms with van der Waals surface area (Å²) >= 11 is 0. The van der Waals surface area contributed by atoms with Crippen LogP contribution in [0.25, 0.3) is 0 Å². The molecule has 0 heterocycles. The summed E-state index contributed by atoms with van der Waals surface area (Å²) in [7, 11) is 0. The van der Waals surface area contributed by atoms with Crippen molar-refractivity contribution < 1.29 is 0 Å². The molecule has 0 bridgehead atoms. The summed E-state index contributed by atoms with van der Waals surface area (Å²) in [4.78, 5) is 2.65. The van der Waals surface area contributed by atoms with Gasteiger partial charge in [0.2, 0.25) is 0 Å². The van der Waals surface area contributed by atoms with E-state index < -0.39 is 0 Å². The summed E-state index contributed by atoms with van der Waals surface area (Å²) in [6.07, 6.45) is 7.54. The molecule has 0 spiro atoms. The molecule has 2 aliphatic carbocycles. The van der Waals surface area contributed by atoms with Gasteiger partial charge >= 0.3 is 0 Å². The maximum absolute atomic E-state index is 8.74. The van der Waals surface area contributed by atoms with Crippen LogP contribution in [0.4, 0.5) is 0 Å². The van der Waals surface area contributed by atoms with Crippen molar-refractivity contribution in [3.05, 3.63) is 0 Å². The highest BCUT2D eigenvalue weighted by Crippen LogP contribution is 2.37. The average Bonchev–Trinajstić information content (AvgIpc) is 3.01. The molecule has 90 valence electrons. The van der Waals surface area contributed by atoms with Crippen molar-refractivity contribution in [3.8, 4) is 6.07 Å². The first-order valence-electron chi connectivity index (χ1n) is 6.83. The summed E-state index contributed by atoms with van der Waals surface area (Å²) in [5, 5.41) is 8.74. The van der Waals surface area contributed by atoms with Gasteiger partial charge < -0.3 is 0 Å². The minimum Gasteiger partial charge on any atom is -0.296 e. The zero-order chi connectivity index (χ0) is 11.5. The van der Waals surface area contributed by atoms with Crippen LogP contribution in [0.15, 0.2) is 0 Å². The van der Waals surface area contributed by atoms with Crippen LogP contribution in [0.1, 0.15) is 52.4 Å². The molecule has 16 heavy (non-hydrogen) atoms. The molecule has 0 aromatic heterocycles. The van der Waals surface area contributed by atoms with E-state index in [1.54, 1.807) is 0 Å². The number of nitrogens with zero attached hydrogens (tertiary/aromatic N) is 2. The van der Waals surface area contributed by atoms with Gasteiger partial charge in [-0.05, 0) is 43.9 Å². The molecule has 2 heteroatoms. The second kappa shape index (κ2) is 5.19. The van der Waals surface area contributed by atoms with Crippen molar-refractivity contribution in [1.82, 2.24) is 4.90 Å². The number of rotatable bonds is 4. The fourth-order valence-electron chi connectivity index (χ4n) is 3.42. The molecule has 0 radical (unpaired) electrons. The molecule has 0 aliphatic heterocycles. The predicted octanol–water partition coefficient (Wildman–Crippen LogP) is 3.19. The van der Waals surface area contributed by atoms with E-state index in [0.29, 0.717) is 6.42 Å². The van der Waals surface area contributed by atoms with Gasteiger partial charge in [-0.15, -0.1) is 0 Å². The number of hydrogen-bond donors (Lipinski definition) is 0. The van der Waals surface area contributed by atoms with Crippen molar-refractivity contribution in [3.63, 3.8) is 0 Å². The fraction of sp³-hybridized carbons (Fsp3) is 0.929. The Bertz CT molecular complexity index is 254. The number of nitriles is 1. The molecule has 2 unspecified atom stereocenters. The third-order valence-corrected chi connectivity index (χ3v) is 4.12. The van der Waals surface area contributed by atoms with E-state index in [4.69, 9.17) is 5.26 Å². The van der Waals surface area contributed by atoms with Gasteiger partial charge in [-0.1, -0.05) is 13.8 Å². The lowest BCUT2D eigenvalue weighted by molar-refractivity contribution is 0.104. The molecule has 0 aromatic rings. The molecular weight excluding hydrogens is 196 g/mol. The van der Waals surface area contributed by atoms with Crippen molar-refractivity contribution in [2.24, 2.45) is 11.8 Å². The molecule has 2 saturated carbocycles. The van der Waals surface area contributed by atoms with Crippen LogP contribution in [-0.4, -0.2) is 23.5 Å². The van der Waals surface area contributed by atoms with E-state index in [1.807, 2.05) is 0 Å². The molecule has 0 amide bonds. The summed E-state index contributed by atoms with van der Waals surface area (Å²) in [5.74, 6) is 1.74. The first-order chi connectivity index (χ1) is 7.70. The molecule has 2 aliphatic rings. The highest BCUT2D eigenvalue weighted by molar-refractivity contribution is 4.93. The standard InChI is InChI=1S/C14H24N2/c1-11-8-12(2)10-14(9-11)16(7-3-6-15)13-4-5-13/h11-14H,3-5,7-10H2,1-2H3. The maximum Gasteiger partial charge on any atom is 0.0635 e. The Morgan fingerprint density at radius 3 is 2.19 bits per heavy atom. The topological polar surface area (TPSA) is 27.0 Å². The maximum atomic E-state index is 8.74. The van der Waals surface area contributed by atoms with Crippen molar-refractivity contribution in [2.75, 3.05) is 6.54 Å². The summed E-state index contributed by atoms with van der Waals surface area (Å²) in [6.45, 7) is 5.78. The molecule has 2 fully saturated rings. The largest absolute Gasteiger partial charge is 0.296 e. The second-order valence-corrected chi connectivity index (χ2v) is 5.95. The quantitative estimate of drug-likeness (QED) is 0.727. The first-order valence-corrected chi connectivity index (χ1v) is 6.83. The summed E-state index contributed by atoms with van der Waals surface area (Å²) < 4.78 is 0. The Kier molecular flexibility index (Phi) is 3.86. The van der Waals surface area contributed by atoms with E-state index in [9.17, 15) is 0 Å². The SMILES string of the molecule is CC1CC(C)CC(N(CCC#N)C2CC2)C1. The van der Waals surface area contributed by atoms with Gasteiger partial charge in [-0.25, -0.2) is 0 Å². The van der Waals surface area contributed by atoms with Gasteiger partial charge in [0, 0.05) is 25.0 Å². The molecular formula is C14H24N2. The zero-order valence-electron chi connectivity index (χ0n) is 10.7. The van der Waals surface area contributed by atoms with Crippen LogP contribution in [0.2, 0.25) is 0 Å². The normalized spacial score (nSPS) is 35.0. The monoisotopic (exact) mass is 220 g/mol. The van der Waals surface area contributed by atoms with Gasteiger partial charge in [0.05, 0.1) is 6.07 Å². The van der Waals surface area contributed by atoms with E-state index in [0.717, 1.165) is 30.5 Å². The summed E-state index contributed by atoms with van der Waals surface area (Å²) in [6, 6.07) is 3.88. The third kappa shape index (κ3) is 2.98. The Morgan fingerprint density at radius 2 is 1.69 bits per heavy atom. The lowest BCUT2D eigenvalue weighted by atomic mass is 9.79. The van der Waals surface area contributed by atoms with E-state index in [-0.39, 0.29) is 0 Å². The van der Waals surface area contributed by atoms with Crippen molar-refractivity contribution in [2.45, 2.75) is 64.5 Å². The number of hydrogen-bond acceptors (Lipinski definition) is 2. The van der Waals surface area contributed by atoms with E-state index in [1.165, 1.54) is 32.1 Å². The smallest absolute Gasteiger partial charge is 0.0635 e. The lowest BCUT2D eigenvalue weighted by Crippen LogP contribution is -2.42. The minimum absolute atomic E-state index is 0.704. The van der Waals surface area contributed by atoms with Crippen LogP contribution in [0.5, 0.6) is 0 Å². The van der Waals surface area contributed by atoms with Gasteiger partial charge in [0.1, 0.15) is 0 Å². The summed E-state index contributed by atoms with van der Waals surface area (Å²) in [5.41, 5.74) is 0. The van der Waals surface area contributed by atoms with Gasteiger partial charge in [0.15, 0.2) is 0 Å². The van der Waals surface area contributed by atoms with Crippen molar-refractivity contribution >= 4 is 0 Å². The zero-order valence-corrected chi connectivity index (χ0v) is 10.7. The van der Waals surface area contributed by atoms with Gasteiger partial charge in [-0.3, -0.25) is 4.90 Å². The highest BCUT2D eigenvalue weighted by Gasteiger charge is 2.36. The first kappa shape index (κ1) is 11.9. The molecule has 0 N–H and O–H groups in total. The predicted molar refractivity (Wildman–Crippen MR) is 65.9 cm³/mol. The minimum atomic E-state index is 0.704. The Balaban J connectivity index is 1.93. The lowest BCUT2D eigenvalue weighted by Gasteiger charge is -2.39. The second-order valence-electron chi connectivity index (χ2n) is 5.95. The Labute approximate surface area is 99.6 Å². The van der Waals surface area contributed by atoms with Gasteiger partial charge in [0.25, 0.3) is 0 Å². The van der Waals surface area contributed by atoms with Crippen LogP contribution in [-0.2, 0) is 0 Å². The van der Waals surface area contributed by atoms with Crippen LogP contribution in [0, 0.1) is 23.2 Å². The molecule has 2 atom stereocenters. The Hall–Kier alpha value is -0.550. The van der Waals surface area contributed by atoms with Crippen LogP contribution >= 0.6 is 0 Å². The molecule has 2 rings (SSSR count). The van der Waals surface area contributed by atoms with Crippen LogP contribution in [0.3, 0.4) is 0 Å².